The first kappa shape index (κ1) is 20.4. The number of carboxylic acid groups (broad SMARTS) is 1. The molecule has 29 heavy (non-hydrogen) atoms. The van der Waals surface area contributed by atoms with Crippen molar-refractivity contribution in [2.45, 2.75) is 29.1 Å². The summed E-state index contributed by atoms with van der Waals surface area (Å²) >= 11 is 5.73. The van der Waals surface area contributed by atoms with Crippen LogP contribution < -0.4 is 10.4 Å². The fraction of sp³-hybridized carbons (Fsp3) is 0.353. The molecule has 0 spiro atoms. The number of aliphatic carboxylic acids is 1. The standard InChI is InChI=1S/C17H16N4O4S4/c1-8-19-20-17(29-8)28-7-9-6-27-15-12(14(23)21(15)13(9)16(24)25)18-11(22)5-10-3-2-4-26-10/h2-4,12,15H,5-7H2,1H3,(H,18,22)(H,24,25)/p-1/t12-,15-/m1/s1. The molecule has 2 aliphatic rings. The SMILES string of the molecule is Cc1nnc(SCC2=C(C(=O)[O-])N3C(=O)[C@@H](NC(=O)Cc4cccs4)[C@H]3SC2)s1. The van der Waals surface area contributed by atoms with E-state index in [9.17, 15) is 19.5 Å². The summed E-state index contributed by atoms with van der Waals surface area (Å²) in [6, 6.07) is 3.00. The third-order valence-electron chi connectivity index (χ3n) is 4.35. The third kappa shape index (κ3) is 4.20. The van der Waals surface area contributed by atoms with Gasteiger partial charge in [-0.25, -0.2) is 0 Å². The van der Waals surface area contributed by atoms with Crippen LogP contribution in [0.25, 0.3) is 0 Å². The van der Waals surface area contributed by atoms with Gasteiger partial charge >= 0.3 is 0 Å². The Kier molecular flexibility index (Phi) is 5.95. The van der Waals surface area contributed by atoms with E-state index in [2.05, 4.69) is 15.5 Å². The smallest absolute Gasteiger partial charge is 0.253 e. The van der Waals surface area contributed by atoms with E-state index in [1.54, 1.807) is 0 Å². The second-order valence-electron chi connectivity index (χ2n) is 6.33. The normalized spacial score (nSPS) is 21.0. The molecular weight excluding hydrogens is 452 g/mol. The molecule has 2 aromatic rings. The lowest BCUT2D eigenvalue weighted by atomic mass is 10.0. The summed E-state index contributed by atoms with van der Waals surface area (Å²) in [4.78, 5) is 38.8. The molecule has 0 bridgehead atoms. The van der Waals surface area contributed by atoms with E-state index < -0.39 is 23.3 Å². The molecule has 0 saturated carbocycles. The van der Waals surface area contributed by atoms with Gasteiger partial charge in [0.1, 0.15) is 16.4 Å². The number of aromatic nitrogens is 2. The third-order valence-corrected chi connectivity index (χ3v) is 8.62. The van der Waals surface area contributed by atoms with E-state index in [0.29, 0.717) is 17.1 Å². The van der Waals surface area contributed by atoms with Crippen molar-refractivity contribution in [2.75, 3.05) is 11.5 Å². The number of nitrogens with one attached hydrogen (secondary N) is 1. The van der Waals surface area contributed by atoms with Crippen molar-refractivity contribution in [1.82, 2.24) is 20.4 Å². The van der Waals surface area contributed by atoms with Crippen LogP contribution >= 0.6 is 46.2 Å². The van der Waals surface area contributed by atoms with Gasteiger partial charge in [-0.05, 0) is 23.9 Å². The zero-order chi connectivity index (χ0) is 20.5. The van der Waals surface area contributed by atoms with Crippen molar-refractivity contribution in [3.63, 3.8) is 0 Å². The zero-order valence-electron chi connectivity index (χ0n) is 15.1. The highest BCUT2D eigenvalue weighted by molar-refractivity contribution is 8.01. The number of aryl methyl sites for hydroxylation is 1. The maximum absolute atomic E-state index is 12.6. The molecule has 8 nitrogen and oxygen atoms in total. The molecule has 1 fully saturated rings. The molecule has 2 aliphatic heterocycles. The minimum atomic E-state index is -1.38. The Morgan fingerprint density at radius 3 is 2.90 bits per heavy atom. The number of amides is 2. The summed E-state index contributed by atoms with van der Waals surface area (Å²) < 4.78 is 0.744. The van der Waals surface area contributed by atoms with Gasteiger partial charge < -0.3 is 15.2 Å². The number of hydrogen-bond donors (Lipinski definition) is 1. The molecule has 4 rings (SSSR count). The Bertz CT molecular complexity index is 987. The highest BCUT2D eigenvalue weighted by Crippen LogP contribution is 2.41. The summed E-state index contributed by atoms with van der Waals surface area (Å²) in [5, 5.41) is 24.7. The number of nitrogens with zero attached hydrogens (tertiary/aromatic N) is 3. The number of hydrogen-bond acceptors (Lipinski definition) is 10. The Balaban J connectivity index is 1.44. The summed E-state index contributed by atoms with van der Waals surface area (Å²) in [6.07, 6.45) is 0.200. The van der Waals surface area contributed by atoms with Crippen molar-refractivity contribution in [3.8, 4) is 0 Å². The largest absolute Gasteiger partial charge is 0.543 e. The number of β-lactam (4-membered cyclic amide) rings is 1. The number of thioether (sulfide) groups is 2. The first-order chi connectivity index (χ1) is 13.9. The van der Waals surface area contributed by atoms with Crippen LogP contribution in [-0.4, -0.2) is 55.8 Å². The first-order valence-corrected chi connectivity index (χ1v) is 12.3. The Morgan fingerprint density at radius 1 is 1.41 bits per heavy atom. The van der Waals surface area contributed by atoms with Crippen molar-refractivity contribution in [3.05, 3.63) is 38.7 Å². The Hall–Kier alpha value is -1.89. The van der Waals surface area contributed by atoms with Gasteiger partial charge in [-0.2, -0.15) is 0 Å². The van der Waals surface area contributed by atoms with Crippen LogP contribution in [0.2, 0.25) is 0 Å². The highest BCUT2D eigenvalue weighted by Gasteiger charge is 2.52. The number of carboxylic acids is 1. The molecule has 1 saturated heterocycles. The summed E-state index contributed by atoms with van der Waals surface area (Å²) in [5.74, 6) is -1.22. The van der Waals surface area contributed by atoms with Gasteiger partial charge in [-0.3, -0.25) is 14.5 Å². The monoisotopic (exact) mass is 467 g/mol. The van der Waals surface area contributed by atoms with Gasteiger partial charge in [-0.1, -0.05) is 29.2 Å². The minimum Gasteiger partial charge on any atom is -0.543 e. The van der Waals surface area contributed by atoms with E-state index in [4.69, 9.17) is 0 Å². The second kappa shape index (κ2) is 8.46. The summed E-state index contributed by atoms with van der Waals surface area (Å²) in [7, 11) is 0. The molecule has 4 heterocycles. The van der Waals surface area contributed by atoms with E-state index in [0.717, 1.165) is 14.2 Å². The van der Waals surface area contributed by atoms with Crippen LogP contribution in [0.15, 0.2) is 33.1 Å². The second-order valence-corrected chi connectivity index (χ2v) is 10.9. The first-order valence-electron chi connectivity index (χ1n) is 8.56. The predicted molar refractivity (Wildman–Crippen MR) is 110 cm³/mol. The lowest BCUT2D eigenvalue weighted by molar-refractivity contribution is -0.301. The van der Waals surface area contributed by atoms with Crippen LogP contribution in [0.4, 0.5) is 0 Å². The average molecular weight is 468 g/mol. The molecule has 2 atom stereocenters. The lowest BCUT2D eigenvalue weighted by Crippen LogP contribution is -2.71. The molecule has 0 aliphatic carbocycles. The average Bonchev–Trinajstić information content (AvgIpc) is 3.35. The van der Waals surface area contributed by atoms with E-state index in [1.807, 2.05) is 24.4 Å². The van der Waals surface area contributed by atoms with Gasteiger partial charge in [0.15, 0.2) is 4.34 Å². The van der Waals surface area contributed by atoms with Crippen LogP contribution in [0, 0.1) is 6.92 Å². The van der Waals surface area contributed by atoms with Gasteiger partial charge in [0.25, 0.3) is 5.91 Å². The summed E-state index contributed by atoms with van der Waals surface area (Å²) in [6.45, 7) is 1.85. The number of fused-ring (bicyclic) bond motifs is 1. The molecule has 12 heteroatoms. The van der Waals surface area contributed by atoms with Gasteiger partial charge in [0.05, 0.1) is 18.1 Å². The van der Waals surface area contributed by atoms with Crippen molar-refractivity contribution >= 4 is 64.0 Å². The van der Waals surface area contributed by atoms with Crippen LogP contribution in [0.3, 0.4) is 0 Å². The molecule has 2 amide bonds. The van der Waals surface area contributed by atoms with E-state index >= 15 is 0 Å². The topological polar surface area (TPSA) is 115 Å². The molecular formula is C17H15N4O4S4-. The zero-order valence-corrected chi connectivity index (χ0v) is 18.4. The van der Waals surface area contributed by atoms with Crippen LogP contribution in [0.5, 0.6) is 0 Å². The number of carbonyl (C=O) groups excluding carboxylic acids is 3. The highest BCUT2D eigenvalue weighted by atomic mass is 32.2. The van der Waals surface area contributed by atoms with Crippen LogP contribution in [-0.2, 0) is 20.8 Å². The maximum Gasteiger partial charge on any atom is 0.253 e. The summed E-state index contributed by atoms with van der Waals surface area (Å²) in [5.41, 5.74) is 0.525. The minimum absolute atomic E-state index is 0.0868. The lowest BCUT2D eigenvalue weighted by Gasteiger charge is -2.50. The van der Waals surface area contributed by atoms with Crippen LogP contribution in [0.1, 0.15) is 9.88 Å². The molecule has 0 radical (unpaired) electrons. The molecule has 152 valence electrons. The van der Waals surface area contributed by atoms with E-state index in [-0.39, 0.29) is 18.0 Å². The van der Waals surface area contributed by atoms with E-state index in [1.165, 1.54) is 51.1 Å². The Morgan fingerprint density at radius 2 is 2.24 bits per heavy atom. The number of rotatable bonds is 7. The number of thiophene rings is 1. The van der Waals surface area contributed by atoms with Gasteiger partial charge in [0.2, 0.25) is 5.91 Å². The molecule has 0 aromatic carbocycles. The quantitative estimate of drug-likeness (QED) is 0.466. The number of carbonyl (C=O) groups is 3. The van der Waals surface area contributed by atoms with Gasteiger partial charge in [-0.15, -0.1) is 33.3 Å². The van der Waals surface area contributed by atoms with Crippen molar-refractivity contribution in [2.24, 2.45) is 0 Å². The molecule has 2 aromatic heterocycles. The molecule has 0 unspecified atom stereocenters. The Labute approximate surface area is 182 Å². The fourth-order valence-electron chi connectivity index (χ4n) is 3.06. The predicted octanol–water partition coefficient (Wildman–Crippen LogP) is 0.647. The van der Waals surface area contributed by atoms with Crippen molar-refractivity contribution in [1.29, 1.82) is 0 Å². The van der Waals surface area contributed by atoms with Crippen molar-refractivity contribution < 1.29 is 19.5 Å². The maximum atomic E-state index is 12.6. The molecule has 1 N–H and O–H groups in total. The van der Waals surface area contributed by atoms with Gasteiger partial charge in [0, 0.05) is 16.4 Å². The fourth-order valence-corrected chi connectivity index (χ4v) is 7.07.